The Morgan fingerprint density at radius 2 is 1.96 bits per heavy atom. The molecule has 3 unspecified atom stereocenters. The van der Waals surface area contributed by atoms with E-state index in [2.05, 4.69) is 45.6 Å². The van der Waals surface area contributed by atoms with E-state index in [1.165, 1.54) is 0 Å². The van der Waals surface area contributed by atoms with Crippen LogP contribution in [0.25, 0.3) is 0 Å². The van der Waals surface area contributed by atoms with Gasteiger partial charge in [0.15, 0.2) is 0 Å². The molecule has 1 aromatic heterocycles. The quantitative estimate of drug-likeness (QED) is 0.886. The second-order valence-corrected chi connectivity index (χ2v) is 6.62. The van der Waals surface area contributed by atoms with Gasteiger partial charge < -0.3 is 19.8 Å². The number of ether oxygens (including phenoxy) is 2. The number of morpholine rings is 1. The van der Waals surface area contributed by atoms with Crippen LogP contribution in [0.15, 0.2) is 30.6 Å². The summed E-state index contributed by atoms with van der Waals surface area (Å²) in [6.07, 6.45) is 2.02. The van der Waals surface area contributed by atoms with E-state index in [-0.39, 0.29) is 18.2 Å². The number of nitrogens with one attached hydrogen (secondary N) is 2. The monoisotopic (exact) mass is 341 g/mol. The Labute approximate surface area is 147 Å². The normalized spacial score (nSPS) is 25.4. The van der Waals surface area contributed by atoms with Crippen molar-refractivity contribution in [2.45, 2.75) is 32.1 Å². The molecule has 0 radical (unpaired) electrons. The van der Waals surface area contributed by atoms with Crippen LogP contribution in [-0.4, -0.2) is 42.4 Å². The lowest BCUT2D eigenvalue weighted by atomic mass is 10.0. The van der Waals surface area contributed by atoms with Crippen molar-refractivity contribution in [3.63, 3.8) is 0 Å². The zero-order valence-corrected chi connectivity index (χ0v) is 14.7. The lowest BCUT2D eigenvalue weighted by molar-refractivity contribution is -0.00547. The molecule has 0 spiro atoms. The second-order valence-electron chi connectivity index (χ2n) is 6.62. The number of aromatic nitrogens is 2. The molecule has 1 saturated heterocycles. The van der Waals surface area contributed by atoms with Gasteiger partial charge in [-0.2, -0.15) is 0 Å². The third-order valence-corrected chi connectivity index (χ3v) is 4.63. The predicted molar refractivity (Wildman–Crippen MR) is 95.8 cm³/mol. The van der Waals surface area contributed by atoms with E-state index in [1.54, 1.807) is 13.4 Å². The Bertz CT molecular complexity index is 759. The van der Waals surface area contributed by atoms with Gasteiger partial charge >= 0.3 is 0 Å². The molecule has 25 heavy (non-hydrogen) atoms. The van der Waals surface area contributed by atoms with Crippen LogP contribution in [-0.2, 0) is 4.74 Å². The minimum Gasteiger partial charge on any atom is -0.497 e. The van der Waals surface area contributed by atoms with E-state index < -0.39 is 0 Å². The summed E-state index contributed by atoms with van der Waals surface area (Å²) in [4.78, 5) is 11.2. The van der Waals surface area contributed by atoms with E-state index >= 15 is 0 Å². The number of rotatable bonds is 3. The predicted octanol–water partition coefficient (Wildman–Crippen LogP) is 2.12. The van der Waals surface area contributed by atoms with Crippen molar-refractivity contribution >= 4 is 11.5 Å². The average Bonchev–Trinajstić information content (AvgIpc) is 3.04. The summed E-state index contributed by atoms with van der Waals surface area (Å²) in [6, 6.07) is 8.00. The van der Waals surface area contributed by atoms with Gasteiger partial charge in [0.1, 0.15) is 17.9 Å². The number of methoxy groups -OCH3 is 1. The largest absolute Gasteiger partial charge is 0.497 e. The van der Waals surface area contributed by atoms with Gasteiger partial charge in [-0.25, -0.2) is 15.4 Å². The number of hydrazine groups is 1. The highest BCUT2D eigenvalue weighted by Gasteiger charge is 2.27. The second kappa shape index (κ2) is 6.50. The Morgan fingerprint density at radius 1 is 1.16 bits per heavy atom. The molecule has 1 aromatic carbocycles. The van der Waals surface area contributed by atoms with Crippen LogP contribution in [0.2, 0.25) is 0 Å². The van der Waals surface area contributed by atoms with Gasteiger partial charge in [0.05, 0.1) is 36.7 Å². The molecule has 7 heteroatoms. The van der Waals surface area contributed by atoms with E-state index in [0.29, 0.717) is 0 Å². The Balaban J connectivity index is 1.63. The summed E-state index contributed by atoms with van der Waals surface area (Å²) in [6.45, 7) is 5.86. The van der Waals surface area contributed by atoms with Crippen LogP contribution in [0.4, 0.5) is 11.5 Å². The lowest BCUT2D eigenvalue weighted by Gasteiger charge is -2.36. The molecule has 2 N–H and O–H groups in total. The highest BCUT2D eigenvalue weighted by atomic mass is 16.5. The van der Waals surface area contributed by atoms with Gasteiger partial charge in [-0.3, -0.25) is 0 Å². The van der Waals surface area contributed by atoms with Gasteiger partial charge in [-0.05, 0) is 32.0 Å². The van der Waals surface area contributed by atoms with Crippen LogP contribution in [0, 0.1) is 0 Å². The summed E-state index contributed by atoms with van der Waals surface area (Å²) in [5.74, 6) is 1.77. The Hall–Kier alpha value is -2.38. The van der Waals surface area contributed by atoms with Crippen molar-refractivity contribution < 1.29 is 9.47 Å². The summed E-state index contributed by atoms with van der Waals surface area (Å²) in [5, 5.41) is 0. The third-order valence-electron chi connectivity index (χ3n) is 4.63. The van der Waals surface area contributed by atoms with Crippen LogP contribution >= 0.6 is 0 Å². The number of hydrogen-bond donors (Lipinski definition) is 2. The minimum absolute atomic E-state index is 0.0391. The van der Waals surface area contributed by atoms with Gasteiger partial charge in [0.25, 0.3) is 0 Å². The van der Waals surface area contributed by atoms with Crippen LogP contribution in [0.5, 0.6) is 5.75 Å². The first-order valence-corrected chi connectivity index (χ1v) is 8.56. The molecule has 2 aromatic rings. The molecule has 3 heterocycles. The summed E-state index contributed by atoms with van der Waals surface area (Å²) >= 11 is 0. The first-order valence-electron chi connectivity index (χ1n) is 8.56. The van der Waals surface area contributed by atoms with E-state index in [9.17, 15) is 0 Å². The smallest absolute Gasteiger partial charge is 0.132 e. The standard InChI is InChI=1S/C18H23N5O2/c1-11-8-23(9-12(2)25-11)17-7-16(19-10-20-17)18-14-6-13(24-3)4-5-15(14)21-22-18/h4-7,10-12,18,21-22H,8-9H2,1-3H3. The van der Waals surface area contributed by atoms with Gasteiger partial charge in [-0.15, -0.1) is 0 Å². The average molecular weight is 341 g/mol. The molecule has 4 rings (SSSR count). The van der Waals surface area contributed by atoms with Crippen molar-refractivity contribution in [3.8, 4) is 5.75 Å². The number of hydrogen-bond acceptors (Lipinski definition) is 7. The molecule has 0 amide bonds. The van der Waals surface area contributed by atoms with Crippen molar-refractivity contribution in [2.75, 3.05) is 30.5 Å². The van der Waals surface area contributed by atoms with Crippen molar-refractivity contribution in [1.29, 1.82) is 0 Å². The highest BCUT2D eigenvalue weighted by molar-refractivity contribution is 5.60. The molecular weight excluding hydrogens is 318 g/mol. The molecule has 2 aliphatic heterocycles. The zero-order chi connectivity index (χ0) is 17.4. The van der Waals surface area contributed by atoms with E-state index in [4.69, 9.17) is 9.47 Å². The molecule has 2 aliphatic rings. The highest BCUT2D eigenvalue weighted by Crippen LogP contribution is 2.35. The number of fused-ring (bicyclic) bond motifs is 1. The van der Waals surface area contributed by atoms with E-state index in [1.807, 2.05) is 18.2 Å². The first-order chi connectivity index (χ1) is 12.1. The fraction of sp³-hybridized carbons (Fsp3) is 0.444. The summed E-state index contributed by atoms with van der Waals surface area (Å²) in [7, 11) is 1.68. The van der Waals surface area contributed by atoms with Crippen molar-refractivity contribution in [2.24, 2.45) is 0 Å². The van der Waals surface area contributed by atoms with Crippen LogP contribution < -0.4 is 20.5 Å². The van der Waals surface area contributed by atoms with Crippen molar-refractivity contribution in [3.05, 3.63) is 41.9 Å². The maximum atomic E-state index is 5.82. The maximum Gasteiger partial charge on any atom is 0.132 e. The molecular formula is C18H23N5O2. The molecule has 0 saturated carbocycles. The molecule has 0 aliphatic carbocycles. The fourth-order valence-corrected chi connectivity index (χ4v) is 3.54. The minimum atomic E-state index is -0.0391. The molecule has 7 nitrogen and oxygen atoms in total. The zero-order valence-electron chi connectivity index (χ0n) is 14.7. The van der Waals surface area contributed by atoms with E-state index in [0.717, 1.165) is 41.6 Å². The molecule has 0 bridgehead atoms. The number of benzene rings is 1. The fourth-order valence-electron chi connectivity index (χ4n) is 3.54. The first kappa shape index (κ1) is 16.1. The van der Waals surface area contributed by atoms with Crippen molar-refractivity contribution in [1.82, 2.24) is 15.4 Å². The topological polar surface area (TPSA) is 71.5 Å². The number of nitrogens with zero attached hydrogens (tertiary/aromatic N) is 3. The molecule has 1 fully saturated rings. The summed E-state index contributed by atoms with van der Waals surface area (Å²) < 4.78 is 11.2. The summed E-state index contributed by atoms with van der Waals surface area (Å²) in [5.41, 5.74) is 9.60. The number of anilines is 2. The maximum absolute atomic E-state index is 5.82. The lowest BCUT2D eigenvalue weighted by Crippen LogP contribution is -2.45. The van der Waals surface area contributed by atoms with Crippen LogP contribution in [0.3, 0.4) is 0 Å². The van der Waals surface area contributed by atoms with Crippen LogP contribution in [0.1, 0.15) is 31.1 Å². The van der Waals surface area contributed by atoms with Gasteiger partial charge in [0.2, 0.25) is 0 Å². The third kappa shape index (κ3) is 3.12. The van der Waals surface area contributed by atoms with Gasteiger partial charge in [-0.1, -0.05) is 0 Å². The molecule has 3 atom stereocenters. The Morgan fingerprint density at radius 3 is 2.72 bits per heavy atom. The van der Waals surface area contributed by atoms with Gasteiger partial charge in [0, 0.05) is 24.7 Å². The Kier molecular flexibility index (Phi) is 4.19. The SMILES string of the molecule is COc1ccc2c(c1)C(c1cc(N3CC(C)OC(C)C3)ncn1)NN2. The molecule has 132 valence electrons.